The molecule has 2 rings (SSSR count). The van der Waals surface area contributed by atoms with Gasteiger partial charge in [0.25, 0.3) is 0 Å². The third-order valence-corrected chi connectivity index (χ3v) is 4.37. The molecule has 1 aliphatic heterocycles. The molecule has 0 saturated carbocycles. The summed E-state index contributed by atoms with van der Waals surface area (Å²) in [5, 5.41) is 7.60. The van der Waals surface area contributed by atoms with Gasteiger partial charge in [-0.25, -0.2) is 0 Å². The molecule has 0 aromatic heterocycles. The summed E-state index contributed by atoms with van der Waals surface area (Å²) >= 11 is 7.37. The lowest BCUT2D eigenvalue weighted by Crippen LogP contribution is -2.39. The smallest absolute Gasteiger partial charge is 0.234 e. The van der Waals surface area contributed by atoms with Crippen LogP contribution < -0.4 is 10.6 Å². The predicted octanol–water partition coefficient (Wildman–Crippen LogP) is 3.73. The molecular formula is C15H21Cl2N3OS. The first-order valence-electron chi connectivity index (χ1n) is 6.83. The van der Waals surface area contributed by atoms with Crippen LogP contribution in [0.5, 0.6) is 0 Å². The topological polar surface area (TPSA) is 53.5 Å². The number of anilines is 1. The number of thioether (sulfide) groups is 1. The summed E-state index contributed by atoms with van der Waals surface area (Å²) in [4.78, 5) is 16.4. The van der Waals surface area contributed by atoms with Gasteiger partial charge < -0.3 is 10.6 Å². The van der Waals surface area contributed by atoms with Gasteiger partial charge in [0.15, 0.2) is 5.17 Å². The fourth-order valence-corrected chi connectivity index (χ4v) is 2.70. The summed E-state index contributed by atoms with van der Waals surface area (Å²) in [5.41, 5.74) is 1.94. The number of nitrogens with zero attached hydrogens (tertiary/aromatic N) is 1. The van der Waals surface area contributed by atoms with Gasteiger partial charge in [-0.3, -0.25) is 9.79 Å². The molecule has 1 aromatic carbocycles. The van der Waals surface area contributed by atoms with Crippen molar-refractivity contribution in [3.63, 3.8) is 0 Å². The Bertz CT molecular complexity index is 576. The van der Waals surface area contributed by atoms with Crippen LogP contribution in [0.3, 0.4) is 0 Å². The molecule has 0 bridgehead atoms. The fraction of sp³-hybridized carbons (Fsp3) is 0.467. The zero-order valence-corrected chi connectivity index (χ0v) is 15.3. The SMILES string of the molecule is Cc1ccc(Cl)cc1NC(=O)CSC1=NCC(C)(C)CN1.Cl. The zero-order valence-electron chi connectivity index (χ0n) is 12.9. The van der Waals surface area contributed by atoms with Crippen molar-refractivity contribution in [3.8, 4) is 0 Å². The normalized spacial score (nSPS) is 16.1. The number of benzene rings is 1. The molecule has 1 amide bonds. The summed E-state index contributed by atoms with van der Waals surface area (Å²) in [7, 11) is 0. The van der Waals surface area contributed by atoms with Crippen molar-refractivity contribution < 1.29 is 4.79 Å². The Morgan fingerprint density at radius 3 is 2.86 bits per heavy atom. The molecule has 1 aliphatic rings. The number of hydrogen-bond donors (Lipinski definition) is 2. The van der Waals surface area contributed by atoms with Crippen molar-refractivity contribution in [3.05, 3.63) is 28.8 Å². The third kappa shape index (κ3) is 5.71. The van der Waals surface area contributed by atoms with Crippen molar-refractivity contribution in [2.24, 2.45) is 10.4 Å². The summed E-state index contributed by atoms with van der Waals surface area (Å²) < 4.78 is 0. The summed E-state index contributed by atoms with van der Waals surface area (Å²) in [6, 6.07) is 5.46. The van der Waals surface area contributed by atoms with Gasteiger partial charge >= 0.3 is 0 Å². The highest BCUT2D eigenvalue weighted by Crippen LogP contribution is 2.21. The molecule has 7 heteroatoms. The van der Waals surface area contributed by atoms with Crippen molar-refractivity contribution >= 4 is 52.5 Å². The molecule has 0 aliphatic carbocycles. The molecule has 0 spiro atoms. The van der Waals surface area contributed by atoms with Crippen molar-refractivity contribution in [1.82, 2.24) is 5.32 Å². The Morgan fingerprint density at radius 1 is 1.50 bits per heavy atom. The summed E-state index contributed by atoms with van der Waals surface area (Å²) in [6.07, 6.45) is 0. The molecular weight excluding hydrogens is 341 g/mol. The van der Waals surface area contributed by atoms with Gasteiger partial charge in [0.2, 0.25) is 5.91 Å². The number of hydrogen-bond acceptors (Lipinski definition) is 4. The Kier molecular flexibility index (Phi) is 7.03. The second-order valence-electron chi connectivity index (χ2n) is 5.94. The first-order chi connectivity index (χ1) is 9.85. The maximum atomic E-state index is 12.0. The van der Waals surface area contributed by atoms with Gasteiger partial charge in [-0.15, -0.1) is 12.4 Å². The average Bonchev–Trinajstić information content (AvgIpc) is 2.42. The number of halogens is 2. The van der Waals surface area contributed by atoms with Gasteiger partial charge in [0.1, 0.15) is 0 Å². The Balaban J connectivity index is 0.00000242. The molecule has 22 heavy (non-hydrogen) atoms. The Hall–Kier alpha value is -0.910. The third-order valence-electron chi connectivity index (χ3n) is 3.18. The van der Waals surface area contributed by atoms with Crippen molar-refractivity contribution in [2.45, 2.75) is 20.8 Å². The lowest BCUT2D eigenvalue weighted by molar-refractivity contribution is -0.113. The minimum atomic E-state index is -0.0558. The summed E-state index contributed by atoms with van der Waals surface area (Å²) in [6.45, 7) is 7.94. The molecule has 4 nitrogen and oxygen atoms in total. The highest BCUT2D eigenvalue weighted by molar-refractivity contribution is 8.14. The van der Waals surface area contributed by atoms with Crippen LogP contribution in [0.1, 0.15) is 19.4 Å². The number of amides is 1. The second-order valence-corrected chi connectivity index (χ2v) is 7.34. The highest BCUT2D eigenvalue weighted by atomic mass is 35.5. The maximum Gasteiger partial charge on any atom is 0.234 e. The predicted molar refractivity (Wildman–Crippen MR) is 98.6 cm³/mol. The van der Waals surface area contributed by atoms with Crippen LogP contribution in [0, 0.1) is 12.3 Å². The van der Waals surface area contributed by atoms with E-state index in [1.54, 1.807) is 6.07 Å². The fourth-order valence-electron chi connectivity index (χ4n) is 1.86. The first kappa shape index (κ1) is 19.1. The number of aryl methyl sites for hydroxylation is 1. The van der Waals surface area contributed by atoms with Crippen LogP contribution >= 0.6 is 35.8 Å². The van der Waals surface area contributed by atoms with Crippen LogP contribution in [0.15, 0.2) is 23.2 Å². The molecule has 0 unspecified atom stereocenters. The number of rotatable bonds is 3. The van der Waals surface area contributed by atoms with Crippen LogP contribution in [-0.2, 0) is 4.79 Å². The van der Waals surface area contributed by atoms with Crippen LogP contribution in [-0.4, -0.2) is 29.9 Å². The van der Waals surface area contributed by atoms with Gasteiger partial charge in [0, 0.05) is 29.2 Å². The van der Waals surface area contributed by atoms with E-state index in [2.05, 4.69) is 29.5 Å². The van der Waals surface area contributed by atoms with Crippen molar-refractivity contribution in [2.75, 3.05) is 24.2 Å². The van der Waals surface area contributed by atoms with Crippen LogP contribution in [0.4, 0.5) is 5.69 Å². The van der Waals surface area contributed by atoms with E-state index in [4.69, 9.17) is 11.6 Å². The molecule has 1 heterocycles. The Labute approximate surface area is 146 Å². The van der Waals surface area contributed by atoms with Gasteiger partial charge in [0.05, 0.1) is 5.75 Å². The molecule has 1 aromatic rings. The largest absolute Gasteiger partial charge is 0.364 e. The molecule has 0 atom stereocenters. The number of amidine groups is 1. The molecule has 0 saturated heterocycles. The number of carbonyl (C=O) groups excluding carboxylic acids is 1. The quantitative estimate of drug-likeness (QED) is 0.862. The number of aliphatic imine (C=N–C) groups is 1. The Morgan fingerprint density at radius 2 is 2.23 bits per heavy atom. The van der Waals surface area contributed by atoms with Crippen LogP contribution in [0.2, 0.25) is 5.02 Å². The molecule has 0 fully saturated rings. The van der Waals surface area contributed by atoms with Crippen molar-refractivity contribution in [1.29, 1.82) is 0 Å². The molecule has 0 radical (unpaired) electrons. The van der Waals surface area contributed by atoms with Gasteiger partial charge in [-0.2, -0.15) is 0 Å². The van der Waals surface area contributed by atoms with Crippen LogP contribution in [0.25, 0.3) is 0 Å². The zero-order chi connectivity index (χ0) is 15.5. The van der Waals surface area contributed by atoms with E-state index < -0.39 is 0 Å². The lowest BCUT2D eigenvalue weighted by Gasteiger charge is -2.28. The van der Waals surface area contributed by atoms with E-state index in [1.165, 1.54) is 11.8 Å². The van der Waals surface area contributed by atoms with E-state index in [1.807, 2.05) is 19.1 Å². The van der Waals surface area contributed by atoms with E-state index in [0.29, 0.717) is 10.8 Å². The number of carbonyl (C=O) groups is 1. The highest BCUT2D eigenvalue weighted by Gasteiger charge is 2.22. The molecule has 122 valence electrons. The first-order valence-corrected chi connectivity index (χ1v) is 8.19. The van der Waals surface area contributed by atoms with E-state index in [-0.39, 0.29) is 23.7 Å². The van der Waals surface area contributed by atoms with E-state index in [0.717, 1.165) is 29.5 Å². The monoisotopic (exact) mass is 361 g/mol. The standard InChI is InChI=1S/C15H20ClN3OS.ClH/c1-10-4-5-11(16)6-12(10)19-13(20)7-21-14-17-8-15(2,3)9-18-14;/h4-6H,7-9H2,1-3H3,(H,17,18)(H,19,20);1H. The minimum absolute atomic E-state index is 0. The maximum absolute atomic E-state index is 12.0. The summed E-state index contributed by atoms with van der Waals surface area (Å²) in [5.74, 6) is 0.276. The molecule has 2 N–H and O–H groups in total. The number of nitrogens with one attached hydrogen (secondary N) is 2. The van der Waals surface area contributed by atoms with Gasteiger partial charge in [-0.05, 0) is 24.6 Å². The lowest BCUT2D eigenvalue weighted by atomic mass is 9.93. The van der Waals surface area contributed by atoms with E-state index >= 15 is 0 Å². The average molecular weight is 362 g/mol. The van der Waals surface area contributed by atoms with E-state index in [9.17, 15) is 4.79 Å². The van der Waals surface area contributed by atoms with Gasteiger partial charge in [-0.1, -0.05) is 43.3 Å². The second kappa shape index (κ2) is 8.09. The minimum Gasteiger partial charge on any atom is -0.364 e.